The molecule has 4 rings (SSSR count). The summed E-state index contributed by atoms with van der Waals surface area (Å²) in [6.07, 6.45) is 1.30. The molecule has 0 fully saturated rings. The van der Waals surface area contributed by atoms with Gasteiger partial charge in [-0.25, -0.2) is 17.6 Å². The predicted octanol–water partition coefficient (Wildman–Crippen LogP) is 3.39. The van der Waals surface area contributed by atoms with E-state index in [1.54, 1.807) is 24.3 Å². The number of carbonyl (C=O) groups excluding carboxylic acids is 1. The summed E-state index contributed by atoms with van der Waals surface area (Å²) in [7, 11) is -4.02. The van der Waals surface area contributed by atoms with E-state index in [0.717, 1.165) is 0 Å². The van der Waals surface area contributed by atoms with E-state index in [1.165, 1.54) is 42.5 Å². The van der Waals surface area contributed by atoms with Gasteiger partial charge in [-0.1, -0.05) is 12.1 Å². The number of sulfonamides is 1. The number of H-pyrrole nitrogens is 2. The molecule has 0 aliphatic rings. The van der Waals surface area contributed by atoms with Crippen LogP contribution in [-0.2, 0) is 10.0 Å². The highest BCUT2D eigenvalue weighted by atomic mass is 32.2. The second-order valence-corrected chi connectivity index (χ2v) is 9.39. The van der Waals surface area contributed by atoms with Crippen molar-refractivity contribution in [2.45, 2.75) is 17.7 Å². The van der Waals surface area contributed by atoms with Crippen molar-refractivity contribution in [3.8, 4) is 5.75 Å². The summed E-state index contributed by atoms with van der Waals surface area (Å²) < 4.78 is 46.7. The molecule has 0 saturated heterocycles. The van der Waals surface area contributed by atoms with Gasteiger partial charge in [-0.3, -0.25) is 9.52 Å². The van der Waals surface area contributed by atoms with Gasteiger partial charge < -0.3 is 20.0 Å². The smallest absolute Gasteiger partial charge is 0.323 e. The molecule has 0 saturated carbocycles. The molecule has 4 N–H and O–H groups in total. The number of ether oxygens (including phenoxy) is 1. The van der Waals surface area contributed by atoms with Crippen LogP contribution in [0.1, 0.15) is 23.2 Å². The number of unbranched alkanes of at least 4 members (excludes halogenated alkanes) is 1. The SMILES string of the molecule is O=C(NCCCCOc1ccc(F)cc1)c1ccccc1NS(=O)(=O)c1ccc2[nH]c(=O)[nH]c2c1. The second-order valence-electron chi connectivity index (χ2n) is 7.70. The molecular weight excluding hydrogens is 475 g/mol. The van der Waals surface area contributed by atoms with Crippen molar-refractivity contribution in [1.29, 1.82) is 0 Å². The largest absolute Gasteiger partial charge is 0.494 e. The number of carbonyl (C=O) groups is 1. The first-order chi connectivity index (χ1) is 16.8. The number of anilines is 1. The normalized spacial score (nSPS) is 11.3. The van der Waals surface area contributed by atoms with Crippen LogP contribution >= 0.6 is 0 Å². The van der Waals surface area contributed by atoms with Crippen LogP contribution in [0.5, 0.6) is 5.75 Å². The minimum absolute atomic E-state index is 0.0587. The van der Waals surface area contributed by atoms with Gasteiger partial charge in [-0.15, -0.1) is 0 Å². The number of hydrogen-bond donors (Lipinski definition) is 4. The van der Waals surface area contributed by atoms with Crippen LogP contribution in [0.3, 0.4) is 0 Å². The monoisotopic (exact) mass is 498 g/mol. The number of halogens is 1. The Hall–Kier alpha value is -4.12. The zero-order valence-corrected chi connectivity index (χ0v) is 19.3. The van der Waals surface area contributed by atoms with Crippen molar-refractivity contribution in [2.75, 3.05) is 17.9 Å². The van der Waals surface area contributed by atoms with Crippen LogP contribution in [0.2, 0.25) is 0 Å². The van der Waals surface area contributed by atoms with Gasteiger partial charge in [0.05, 0.1) is 33.8 Å². The van der Waals surface area contributed by atoms with E-state index in [9.17, 15) is 22.4 Å². The number of rotatable bonds is 10. The molecule has 0 radical (unpaired) electrons. The van der Waals surface area contributed by atoms with Crippen molar-refractivity contribution in [2.24, 2.45) is 0 Å². The number of fused-ring (bicyclic) bond motifs is 1. The third-order valence-electron chi connectivity index (χ3n) is 5.15. The number of aromatic nitrogens is 2. The minimum Gasteiger partial charge on any atom is -0.494 e. The first-order valence-electron chi connectivity index (χ1n) is 10.8. The Balaban J connectivity index is 1.33. The third-order valence-corrected chi connectivity index (χ3v) is 6.52. The number of benzene rings is 3. The fourth-order valence-corrected chi connectivity index (χ4v) is 4.50. The van der Waals surface area contributed by atoms with Crippen molar-refractivity contribution in [1.82, 2.24) is 15.3 Å². The molecule has 3 aromatic carbocycles. The summed E-state index contributed by atoms with van der Waals surface area (Å²) in [5.41, 5.74) is 0.706. The lowest BCUT2D eigenvalue weighted by Crippen LogP contribution is -2.26. The number of amides is 1. The molecular formula is C24H23FN4O5S. The highest BCUT2D eigenvalue weighted by Crippen LogP contribution is 2.22. The van der Waals surface area contributed by atoms with Gasteiger partial charge in [0.2, 0.25) is 0 Å². The fourth-order valence-electron chi connectivity index (χ4n) is 3.40. The van der Waals surface area contributed by atoms with Crippen molar-refractivity contribution in [3.63, 3.8) is 0 Å². The number of aromatic amines is 2. The van der Waals surface area contributed by atoms with E-state index in [-0.39, 0.29) is 22.0 Å². The molecule has 1 heterocycles. The van der Waals surface area contributed by atoms with E-state index < -0.39 is 21.6 Å². The van der Waals surface area contributed by atoms with Gasteiger partial charge in [-0.05, 0) is 67.4 Å². The molecule has 0 atom stereocenters. The number of hydrogen-bond acceptors (Lipinski definition) is 5. The maximum Gasteiger partial charge on any atom is 0.323 e. The van der Waals surface area contributed by atoms with E-state index in [2.05, 4.69) is 20.0 Å². The fraction of sp³-hybridized carbons (Fsp3) is 0.167. The lowest BCUT2D eigenvalue weighted by molar-refractivity contribution is 0.0953. The van der Waals surface area contributed by atoms with Crippen molar-refractivity contribution >= 4 is 32.7 Å². The molecule has 4 aromatic rings. The number of nitrogens with one attached hydrogen (secondary N) is 4. The predicted molar refractivity (Wildman–Crippen MR) is 130 cm³/mol. The van der Waals surface area contributed by atoms with Gasteiger partial charge in [0.15, 0.2) is 0 Å². The molecule has 0 unspecified atom stereocenters. The molecule has 0 aliphatic heterocycles. The summed E-state index contributed by atoms with van der Waals surface area (Å²) in [6.45, 7) is 0.777. The molecule has 0 spiro atoms. The summed E-state index contributed by atoms with van der Waals surface area (Å²) in [6, 6.07) is 16.2. The average molecular weight is 499 g/mol. The van der Waals surface area contributed by atoms with Crippen molar-refractivity contribution in [3.05, 3.63) is 88.6 Å². The van der Waals surface area contributed by atoms with E-state index >= 15 is 0 Å². The molecule has 35 heavy (non-hydrogen) atoms. The number of imidazole rings is 1. The Kier molecular flexibility index (Phi) is 7.16. The second kappa shape index (κ2) is 10.4. The minimum atomic E-state index is -4.02. The first kappa shape index (κ1) is 24.0. The lowest BCUT2D eigenvalue weighted by Gasteiger charge is -2.13. The zero-order chi connectivity index (χ0) is 24.8. The Morgan fingerprint density at radius 1 is 0.943 bits per heavy atom. The van der Waals surface area contributed by atoms with Gasteiger partial charge >= 0.3 is 5.69 Å². The average Bonchev–Trinajstić information content (AvgIpc) is 3.21. The molecule has 11 heteroatoms. The highest BCUT2D eigenvalue weighted by molar-refractivity contribution is 7.92. The van der Waals surface area contributed by atoms with Gasteiger partial charge in [0.1, 0.15) is 11.6 Å². The molecule has 0 aliphatic carbocycles. The molecule has 9 nitrogen and oxygen atoms in total. The van der Waals surface area contributed by atoms with Gasteiger partial charge in [-0.2, -0.15) is 0 Å². The Labute approximate surface area is 200 Å². The quantitative estimate of drug-likeness (QED) is 0.249. The molecule has 0 bridgehead atoms. The molecule has 1 amide bonds. The lowest BCUT2D eigenvalue weighted by atomic mass is 10.1. The van der Waals surface area contributed by atoms with Crippen LogP contribution < -0.4 is 20.5 Å². The van der Waals surface area contributed by atoms with Crippen LogP contribution in [0.4, 0.5) is 10.1 Å². The third kappa shape index (κ3) is 6.07. The summed E-state index contributed by atoms with van der Waals surface area (Å²) in [4.78, 5) is 29.2. The standard InChI is InChI=1S/C24H23FN4O5S/c25-16-7-9-17(10-8-16)34-14-4-3-13-26-23(30)19-5-1-2-6-20(19)29-35(32,33)18-11-12-21-22(15-18)28-24(31)27-21/h1-2,5-12,15,29H,3-4,13-14H2,(H,26,30)(H2,27,28,31). The summed E-state index contributed by atoms with van der Waals surface area (Å²) in [5, 5.41) is 2.78. The Morgan fingerprint density at radius 2 is 1.69 bits per heavy atom. The molecule has 1 aromatic heterocycles. The van der Waals surface area contributed by atoms with Crippen LogP contribution in [-0.4, -0.2) is 37.4 Å². The van der Waals surface area contributed by atoms with Crippen LogP contribution in [0, 0.1) is 5.82 Å². The van der Waals surface area contributed by atoms with E-state index in [1.807, 2.05) is 0 Å². The Bertz CT molecular complexity index is 1500. The van der Waals surface area contributed by atoms with E-state index in [0.29, 0.717) is 42.8 Å². The van der Waals surface area contributed by atoms with Crippen molar-refractivity contribution < 1.29 is 22.3 Å². The highest BCUT2D eigenvalue weighted by Gasteiger charge is 2.19. The van der Waals surface area contributed by atoms with Crippen LogP contribution in [0.15, 0.2) is 76.4 Å². The maximum atomic E-state index is 12.9. The van der Waals surface area contributed by atoms with Gasteiger partial charge in [0.25, 0.3) is 15.9 Å². The van der Waals surface area contributed by atoms with Gasteiger partial charge in [0, 0.05) is 6.54 Å². The zero-order valence-electron chi connectivity index (χ0n) is 18.5. The van der Waals surface area contributed by atoms with E-state index in [4.69, 9.17) is 4.74 Å². The summed E-state index contributed by atoms with van der Waals surface area (Å²) >= 11 is 0. The maximum absolute atomic E-state index is 12.9. The van der Waals surface area contributed by atoms with Crippen LogP contribution in [0.25, 0.3) is 11.0 Å². The number of para-hydroxylation sites is 1. The Morgan fingerprint density at radius 3 is 2.49 bits per heavy atom. The molecule has 182 valence electrons. The summed E-state index contributed by atoms with van der Waals surface area (Å²) in [5.74, 6) is -0.187. The first-order valence-corrected chi connectivity index (χ1v) is 12.3. The topological polar surface area (TPSA) is 133 Å².